The number of benzene rings is 3. The van der Waals surface area contributed by atoms with Gasteiger partial charge in [0, 0.05) is 25.3 Å². The molecule has 6 heteroatoms. The van der Waals surface area contributed by atoms with Crippen LogP contribution in [0.15, 0.2) is 99.9 Å². The minimum Gasteiger partial charge on any atom is -0.378 e. The van der Waals surface area contributed by atoms with E-state index in [1.807, 2.05) is 110 Å². The largest absolute Gasteiger partial charge is 0.378 e. The van der Waals surface area contributed by atoms with E-state index in [0.717, 1.165) is 28.1 Å². The van der Waals surface area contributed by atoms with Gasteiger partial charge in [0.25, 0.3) is 5.56 Å². The monoisotopic (exact) mass is 438 g/mol. The zero-order valence-electron chi connectivity index (χ0n) is 17.8. The van der Waals surface area contributed by atoms with E-state index in [1.165, 1.54) is 11.3 Å². The normalized spacial score (nSPS) is 15.6. The minimum atomic E-state index is -0.326. The van der Waals surface area contributed by atoms with Crippen LogP contribution in [0.1, 0.15) is 22.7 Å². The Morgan fingerprint density at radius 3 is 2.19 bits per heavy atom. The molecule has 158 valence electrons. The molecule has 0 radical (unpaired) electrons. The van der Waals surface area contributed by atoms with Crippen molar-refractivity contribution in [2.75, 3.05) is 19.0 Å². The summed E-state index contributed by atoms with van der Waals surface area (Å²) in [6.07, 6.45) is 1.93. The summed E-state index contributed by atoms with van der Waals surface area (Å²) in [6, 6.07) is 27.8. The van der Waals surface area contributed by atoms with E-state index >= 15 is 0 Å². The number of anilines is 1. The number of aromatic nitrogens is 1. The highest BCUT2D eigenvalue weighted by molar-refractivity contribution is 7.07. The first-order valence-electron chi connectivity index (χ1n) is 10.4. The van der Waals surface area contributed by atoms with E-state index in [-0.39, 0.29) is 11.6 Å². The number of nitrogens with zero attached hydrogens (tertiary/aromatic N) is 4. The average molecular weight is 439 g/mol. The number of thiazole rings is 1. The van der Waals surface area contributed by atoms with Crippen LogP contribution in [0.2, 0.25) is 0 Å². The highest BCUT2D eigenvalue weighted by Gasteiger charge is 2.28. The van der Waals surface area contributed by atoms with E-state index in [0.29, 0.717) is 9.33 Å². The van der Waals surface area contributed by atoms with Crippen molar-refractivity contribution in [3.05, 3.63) is 121 Å². The van der Waals surface area contributed by atoms with Gasteiger partial charge in [0.05, 0.1) is 10.2 Å². The fraction of sp³-hybridized carbons (Fsp3) is 0.115. The summed E-state index contributed by atoms with van der Waals surface area (Å²) in [5, 5.41) is 8.99. The van der Waals surface area contributed by atoms with Crippen molar-refractivity contribution >= 4 is 28.8 Å². The summed E-state index contributed by atoms with van der Waals surface area (Å²) in [5.74, 6) is 0. The van der Waals surface area contributed by atoms with Crippen molar-refractivity contribution < 1.29 is 0 Å². The molecule has 1 aliphatic heterocycles. The molecular weight excluding hydrogens is 416 g/mol. The van der Waals surface area contributed by atoms with Gasteiger partial charge in [-0.25, -0.2) is 0 Å². The van der Waals surface area contributed by atoms with Crippen molar-refractivity contribution in [1.29, 1.82) is 0 Å². The maximum Gasteiger partial charge on any atom is 0.271 e. The molecule has 1 aliphatic rings. The van der Waals surface area contributed by atoms with Gasteiger partial charge in [-0.2, -0.15) is 0 Å². The first kappa shape index (κ1) is 20.2. The van der Waals surface area contributed by atoms with Crippen LogP contribution in [0.4, 0.5) is 5.69 Å². The summed E-state index contributed by atoms with van der Waals surface area (Å²) in [4.78, 5) is 16.2. The van der Waals surface area contributed by atoms with E-state index in [4.69, 9.17) is 0 Å². The lowest BCUT2D eigenvalue weighted by Crippen LogP contribution is -2.40. The van der Waals surface area contributed by atoms with Gasteiger partial charge < -0.3 is 4.90 Å². The lowest BCUT2D eigenvalue weighted by molar-refractivity contribution is 0.657. The minimum absolute atomic E-state index is 0.0531. The van der Waals surface area contributed by atoms with E-state index in [9.17, 15) is 4.79 Å². The van der Waals surface area contributed by atoms with Crippen molar-refractivity contribution in [3.8, 4) is 0 Å². The molecule has 0 N–H and O–H groups in total. The van der Waals surface area contributed by atoms with Crippen LogP contribution in [0.25, 0.3) is 6.08 Å². The number of rotatable bonds is 4. The molecular formula is C26H22N4OS. The molecule has 5 rings (SSSR count). The van der Waals surface area contributed by atoms with E-state index < -0.39 is 0 Å². The van der Waals surface area contributed by atoms with Gasteiger partial charge in [-0.1, -0.05) is 84.1 Å². The molecule has 4 aromatic rings. The lowest BCUT2D eigenvalue weighted by atomic mass is 9.96. The lowest BCUT2D eigenvalue weighted by Gasteiger charge is -2.22. The highest BCUT2D eigenvalue weighted by Crippen LogP contribution is 2.24. The Bertz CT molecular complexity index is 1450. The van der Waals surface area contributed by atoms with Crippen LogP contribution in [-0.2, 0) is 0 Å². The smallest absolute Gasteiger partial charge is 0.271 e. The topological polar surface area (TPSA) is 50.0 Å². The Morgan fingerprint density at radius 2 is 1.53 bits per heavy atom. The molecule has 2 heterocycles. The second-order valence-corrected chi connectivity index (χ2v) is 8.83. The third-order valence-corrected chi connectivity index (χ3v) is 6.46. The summed E-state index contributed by atoms with van der Waals surface area (Å²) in [7, 11) is 4.02. The zero-order chi connectivity index (χ0) is 22.1. The highest BCUT2D eigenvalue weighted by atomic mass is 32.1. The standard InChI is InChI=1S/C26H22N4OS/c1-29(2)21-15-13-18(14-16-21)17-22-25(31)30-24(20-11-7-4-8-12-20)23(27-28-26(30)32-22)19-9-5-3-6-10-19/h3-17,24H,1-2H3/b22-17-/t24-/m1/s1. The Balaban J connectivity index is 1.66. The van der Waals surface area contributed by atoms with Crippen molar-refractivity contribution in [3.63, 3.8) is 0 Å². The molecule has 0 saturated carbocycles. The Labute approximate surface area is 189 Å². The van der Waals surface area contributed by atoms with Crippen LogP contribution < -0.4 is 19.8 Å². The van der Waals surface area contributed by atoms with Gasteiger partial charge in [0.2, 0.25) is 4.80 Å². The summed E-state index contributed by atoms with van der Waals surface area (Å²) in [6.45, 7) is 0. The predicted molar refractivity (Wildman–Crippen MR) is 131 cm³/mol. The quantitative estimate of drug-likeness (QED) is 0.490. The van der Waals surface area contributed by atoms with Gasteiger partial charge in [0.1, 0.15) is 6.04 Å². The zero-order valence-corrected chi connectivity index (χ0v) is 18.7. The molecule has 1 aromatic heterocycles. The molecule has 3 aromatic carbocycles. The fourth-order valence-corrected chi connectivity index (χ4v) is 4.79. The number of fused-ring (bicyclic) bond motifs is 1. The van der Waals surface area contributed by atoms with Crippen LogP contribution in [-0.4, -0.2) is 24.4 Å². The molecule has 32 heavy (non-hydrogen) atoms. The van der Waals surface area contributed by atoms with Gasteiger partial charge in [-0.3, -0.25) is 9.36 Å². The number of hydrogen-bond acceptors (Lipinski definition) is 5. The number of hydrogen-bond donors (Lipinski definition) is 0. The molecule has 0 bridgehead atoms. The Kier molecular flexibility index (Phi) is 5.29. The SMILES string of the molecule is CN(C)c1ccc(/C=c2\sc3n(c2=O)[C@H](c2ccccc2)C(c2ccccc2)=NN=3)cc1. The van der Waals surface area contributed by atoms with Gasteiger partial charge in [-0.05, 0) is 29.3 Å². The average Bonchev–Trinajstić information content (AvgIpc) is 3.15. The van der Waals surface area contributed by atoms with Crippen molar-refractivity contribution in [2.45, 2.75) is 6.04 Å². The Hall–Kier alpha value is -3.77. The van der Waals surface area contributed by atoms with Crippen LogP contribution >= 0.6 is 11.3 Å². The summed E-state index contributed by atoms with van der Waals surface area (Å²) < 4.78 is 2.42. The maximum absolute atomic E-state index is 13.6. The van der Waals surface area contributed by atoms with Gasteiger partial charge in [0.15, 0.2) is 0 Å². The second-order valence-electron chi connectivity index (χ2n) is 7.82. The fourth-order valence-electron chi connectivity index (χ4n) is 3.84. The molecule has 0 unspecified atom stereocenters. The molecule has 0 saturated heterocycles. The molecule has 0 aliphatic carbocycles. The molecule has 1 atom stereocenters. The Morgan fingerprint density at radius 1 is 0.875 bits per heavy atom. The molecule has 5 nitrogen and oxygen atoms in total. The van der Waals surface area contributed by atoms with Crippen molar-refractivity contribution in [2.24, 2.45) is 10.2 Å². The van der Waals surface area contributed by atoms with E-state index in [2.05, 4.69) is 10.2 Å². The third kappa shape index (κ3) is 3.69. The van der Waals surface area contributed by atoms with E-state index in [1.54, 1.807) is 4.57 Å². The van der Waals surface area contributed by atoms with Crippen molar-refractivity contribution in [1.82, 2.24) is 4.57 Å². The molecule has 0 amide bonds. The van der Waals surface area contributed by atoms with Crippen LogP contribution in [0, 0.1) is 0 Å². The third-order valence-electron chi connectivity index (χ3n) is 5.49. The maximum atomic E-state index is 13.6. The van der Waals surface area contributed by atoms with Crippen LogP contribution in [0.5, 0.6) is 0 Å². The first-order chi connectivity index (χ1) is 15.6. The second kappa shape index (κ2) is 8.40. The van der Waals surface area contributed by atoms with Crippen LogP contribution in [0.3, 0.4) is 0 Å². The summed E-state index contributed by atoms with van der Waals surface area (Å²) in [5.41, 5.74) is 4.78. The predicted octanol–water partition coefficient (Wildman–Crippen LogP) is 3.43. The molecule has 0 spiro atoms. The summed E-state index contributed by atoms with van der Waals surface area (Å²) >= 11 is 1.37. The van der Waals surface area contributed by atoms with Gasteiger partial charge in [-0.15, -0.1) is 10.2 Å². The van der Waals surface area contributed by atoms with Gasteiger partial charge >= 0.3 is 0 Å². The molecule has 0 fully saturated rings. The first-order valence-corrected chi connectivity index (χ1v) is 11.2.